The lowest BCUT2D eigenvalue weighted by atomic mass is 9.89. The molecule has 3 heteroatoms. The fraction of sp³-hybridized carbons (Fsp3) is 0.235. The van der Waals surface area contributed by atoms with E-state index in [-0.39, 0.29) is 11.7 Å². The number of benzene rings is 1. The van der Waals surface area contributed by atoms with Crippen molar-refractivity contribution in [2.75, 3.05) is 0 Å². The Morgan fingerprint density at radius 2 is 1.90 bits per heavy atom. The number of nitrogens with zero attached hydrogens (tertiary/aromatic N) is 1. The van der Waals surface area contributed by atoms with E-state index in [0.717, 1.165) is 12.8 Å². The second-order valence-electron chi connectivity index (χ2n) is 5.01. The first-order chi connectivity index (χ1) is 9.68. The Morgan fingerprint density at radius 1 is 1.15 bits per heavy atom. The highest BCUT2D eigenvalue weighted by Gasteiger charge is 2.44. The van der Waals surface area contributed by atoms with Crippen LogP contribution in [0, 0.1) is 23.6 Å². The molecule has 1 atom stereocenters. The molecule has 0 amide bonds. The maximum atomic E-state index is 13.0. The summed E-state index contributed by atoms with van der Waals surface area (Å²) in [5.41, 5.74) is 0.0455. The van der Waals surface area contributed by atoms with Crippen LogP contribution in [0.25, 0.3) is 0 Å². The van der Waals surface area contributed by atoms with E-state index in [9.17, 15) is 9.50 Å². The minimum absolute atomic E-state index is 0.115. The lowest BCUT2D eigenvalue weighted by Gasteiger charge is -2.22. The van der Waals surface area contributed by atoms with Gasteiger partial charge in [-0.2, -0.15) is 0 Å². The number of hydrogen-bond acceptors (Lipinski definition) is 2. The van der Waals surface area contributed by atoms with Gasteiger partial charge in [-0.1, -0.05) is 24.1 Å². The monoisotopic (exact) mass is 267 g/mol. The molecule has 1 N–H and O–H groups in total. The van der Waals surface area contributed by atoms with Gasteiger partial charge in [0.2, 0.25) is 0 Å². The fourth-order valence-corrected chi connectivity index (χ4v) is 2.21. The van der Waals surface area contributed by atoms with Crippen LogP contribution in [0.3, 0.4) is 0 Å². The quantitative estimate of drug-likeness (QED) is 0.849. The second-order valence-corrected chi connectivity index (χ2v) is 5.01. The summed E-state index contributed by atoms with van der Waals surface area (Å²) in [6, 6.07) is 11.4. The molecule has 1 aliphatic carbocycles. The molecule has 1 saturated carbocycles. The van der Waals surface area contributed by atoms with Crippen LogP contribution in [0.15, 0.2) is 48.7 Å². The zero-order valence-electron chi connectivity index (χ0n) is 10.9. The molecular formula is C17H14FNO. The minimum atomic E-state index is -1.22. The molecule has 20 heavy (non-hydrogen) atoms. The number of halogens is 1. The maximum absolute atomic E-state index is 13.0. The van der Waals surface area contributed by atoms with Crippen LogP contribution in [-0.4, -0.2) is 10.1 Å². The summed E-state index contributed by atoms with van der Waals surface area (Å²) in [5, 5.41) is 10.9. The van der Waals surface area contributed by atoms with Gasteiger partial charge in [-0.15, -0.1) is 0 Å². The van der Waals surface area contributed by atoms with E-state index in [1.165, 1.54) is 12.1 Å². The normalized spacial score (nSPS) is 16.9. The highest BCUT2D eigenvalue weighted by atomic mass is 19.1. The minimum Gasteiger partial charge on any atom is -0.373 e. The Kier molecular flexibility index (Phi) is 3.25. The molecule has 1 fully saturated rings. The predicted molar refractivity (Wildman–Crippen MR) is 74.1 cm³/mol. The van der Waals surface area contributed by atoms with Crippen molar-refractivity contribution in [3.8, 4) is 11.8 Å². The van der Waals surface area contributed by atoms with Crippen LogP contribution in [-0.2, 0) is 5.60 Å². The highest BCUT2D eigenvalue weighted by molar-refractivity contribution is 5.39. The van der Waals surface area contributed by atoms with E-state index < -0.39 is 5.60 Å². The smallest absolute Gasteiger partial charge is 0.154 e. The van der Waals surface area contributed by atoms with Gasteiger partial charge in [-0.25, -0.2) is 9.37 Å². The van der Waals surface area contributed by atoms with E-state index in [0.29, 0.717) is 11.3 Å². The van der Waals surface area contributed by atoms with E-state index in [4.69, 9.17) is 0 Å². The van der Waals surface area contributed by atoms with Gasteiger partial charge in [0.1, 0.15) is 11.5 Å². The Bertz CT molecular complexity index is 653. The van der Waals surface area contributed by atoms with Gasteiger partial charge in [0.05, 0.1) is 0 Å². The van der Waals surface area contributed by atoms with Crippen LogP contribution in [0.5, 0.6) is 0 Å². The first-order valence-electron chi connectivity index (χ1n) is 6.61. The Labute approximate surface area is 117 Å². The van der Waals surface area contributed by atoms with Gasteiger partial charge in [0, 0.05) is 12.1 Å². The van der Waals surface area contributed by atoms with Crippen molar-refractivity contribution in [1.82, 2.24) is 4.98 Å². The van der Waals surface area contributed by atoms with Crippen LogP contribution >= 0.6 is 0 Å². The summed E-state index contributed by atoms with van der Waals surface area (Å²) in [7, 11) is 0. The molecule has 0 aliphatic heterocycles. The third kappa shape index (κ3) is 2.56. The van der Waals surface area contributed by atoms with Crippen LogP contribution in [0.4, 0.5) is 4.39 Å². The zero-order chi connectivity index (χ0) is 14.0. The van der Waals surface area contributed by atoms with Crippen molar-refractivity contribution in [3.05, 3.63) is 65.7 Å². The third-order valence-electron chi connectivity index (χ3n) is 3.50. The molecule has 0 radical (unpaired) electrons. The van der Waals surface area contributed by atoms with Gasteiger partial charge < -0.3 is 5.11 Å². The molecule has 1 aromatic heterocycles. The van der Waals surface area contributed by atoms with Crippen LogP contribution < -0.4 is 0 Å². The van der Waals surface area contributed by atoms with E-state index in [1.807, 2.05) is 12.1 Å². The molecule has 2 nitrogen and oxygen atoms in total. The molecule has 0 saturated heterocycles. The lowest BCUT2D eigenvalue weighted by molar-refractivity contribution is 0.0756. The summed E-state index contributed by atoms with van der Waals surface area (Å²) in [6.07, 6.45) is 3.54. The predicted octanol–water partition coefficient (Wildman–Crippen LogP) is 2.87. The van der Waals surface area contributed by atoms with Crippen molar-refractivity contribution in [3.63, 3.8) is 0 Å². The van der Waals surface area contributed by atoms with Crippen LogP contribution in [0.1, 0.15) is 24.1 Å². The van der Waals surface area contributed by atoms with E-state index in [2.05, 4.69) is 16.8 Å². The number of aromatic nitrogens is 1. The van der Waals surface area contributed by atoms with Gasteiger partial charge in [0.15, 0.2) is 5.60 Å². The summed E-state index contributed by atoms with van der Waals surface area (Å²) in [5.74, 6) is 5.65. The summed E-state index contributed by atoms with van der Waals surface area (Å²) < 4.78 is 13.0. The molecule has 3 rings (SSSR count). The van der Waals surface area contributed by atoms with Crippen molar-refractivity contribution < 1.29 is 9.50 Å². The SMILES string of the molecule is OC(C#Cc1ccccn1)(c1ccc(F)cc1)C1CC1. The summed E-state index contributed by atoms with van der Waals surface area (Å²) in [6.45, 7) is 0. The number of aliphatic hydroxyl groups is 1. The van der Waals surface area contributed by atoms with E-state index >= 15 is 0 Å². The first kappa shape index (κ1) is 12.8. The molecule has 1 aromatic carbocycles. The summed E-state index contributed by atoms with van der Waals surface area (Å²) >= 11 is 0. The highest BCUT2D eigenvalue weighted by Crippen LogP contribution is 2.45. The molecule has 0 spiro atoms. The van der Waals surface area contributed by atoms with Crippen molar-refractivity contribution in [2.24, 2.45) is 5.92 Å². The van der Waals surface area contributed by atoms with Crippen molar-refractivity contribution in [1.29, 1.82) is 0 Å². The zero-order valence-corrected chi connectivity index (χ0v) is 10.9. The largest absolute Gasteiger partial charge is 0.373 e. The van der Waals surface area contributed by atoms with Gasteiger partial charge in [-0.3, -0.25) is 0 Å². The average molecular weight is 267 g/mol. The van der Waals surface area contributed by atoms with Gasteiger partial charge in [0.25, 0.3) is 0 Å². The third-order valence-corrected chi connectivity index (χ3v) is 3.50. The van der Waals surface area contributed by atoms with Gasteiger partial charge in [-0.05, 0) is 48.6 Å². The van der Waals surface area contributed by atoms with Crippen LogP contribution in [0.2, 0.25) is 0 Å². The Balaban J connectivity index is 1.97. The summed E-state index contributed by atoms with van der Waals surface area (Å²) in [4.78, 5) is 4.12. The molecule has 1 heterocycles. The van der Waals surface area contributed by atoms with Gasteiger partial charge >= 0.3 is 0 Å². The maximum Gasteiger partial charge on any atom is 0.154 e. The first-order valence-corrected chi connectivity index (χ1v) is 6.61. The average Bonchev–Trinajstić information content (AvgIpc) is 3.32. The molecular weight excluding hydrogens is 253 g/mol. The second kappa shape index (κ2) is 5.07. The number of pyridine rings is 1. The molecule has 1 unspecified atom stereocenters. The fourth-order valence-electron chi connectivity index (χ4n) is 2.21. The molecule has 1 aliphatic rings. The Hall–Kier alpha value is -2.18. The molecule has 100 valence electrons. The lowest BCUT2D eigenvalue weighted by Crippen LogP contribution is -2.26. The molecule has 0 bridgehead atoms. The molecule has 2 aromatic rings. The number of rotatable bonds is 2. The standard InChI is InChI=1S/C17H14FNO/c18-15-8-6-14(7-9-15)17(20,13-4-5-13)11-10-16-3-1-2-12-19-16/h1-3,6-9,12-13,20H,4-5H2. The van der Waals surface area contributed by atoms with Crippen molar-refractivity contribution >= 4 is 0 Å². The van der Waals surface area contributed by atoms with E-state index in [1.54, 1.807) is 24.4 Å². The topological polar surface area (TPSA) is 33.1 Å². The number of hydrogen-bond donors (Lipinski definition) is 1. The van der Waals surface area contributed by atoms with Crippen molar-refractivity contribution in [2.45, 2.75) is 18.4 Å². The Morgan fingerprint density at radius 3 is 2.50 bits per heavy atom.